The number of nitrogens with zero attached hydrogens (tertiary/aromatic N) is 2. The van der Waals surface area contributed by atoms with Crippen LogP contribution in [0.25, 0.3) is 12.2 Å². The molecule has 0 aliphatic carbocycles. The Kier molecular flexibility index (Phi) is 5.36. The molecule has 0 saturated heterocycles. The number of phenols is 1. The number of aromatic nitrogens is 2. The first-order valence-corrected chi connectivity index (χ1v) is 8.75. The highest BCUT2D eigenvalue weighted by molar-refractivity contribution is 5.69. The summed E-state index contributed by atoms with van der Waals surface area (Å²) in [6.07, 6.45) is 3.10. The zero-order chi connectivity index (χ0) is 21.4. The molecule has 28 heavy (non-hydrogen) atoms. The van der Waals surface area contributed by atoms with E-state index in [2.05, 4.69) is 9.97 Å². The van der Waals surface area contributed by atoms with Gasteiger partial charge in [0.1, 0.15) is 11.6 Å². The third-order valence-electron chi connectivity index (χ3n) is 4.26. The van der Waals surface area contributed by atoms with E-state index in [-0.39, 0.29) is 22.4 Å². The van der Waals surface area contributed by atoms with Gasteiger partial charge in [-0.1, -0.05) is 47.6 Å². The van der Waals surface area contributed by atoms with Crippen LogP contribution in [0.4, 0.5) is 5.69 Å². The molecule has 0 spiro atoms. The van der Waals surface area contributed by atoms with Crippen molar-refractivity contribution in [3.8, 4) is 11.6 Å². The van der Waals surface area contributed by atoms with Gasteiger partial charge in [0.15, 0.2) is 0 Å². The summed E-state index contributed by atoms with van der Waals surface area (Å²) in [6.45, 7) is 12.0. The lowest BCUT2D eigenvalue weighted by Crippen LogP contribution is -2.17. The summed E-state index contributed by atoms with van der Waals surface area (Å²) < 4.78 is 0. The monoisotopic (exact) mass is 387 g/mol. The molecule has 8 heteroatoms. The van der Waals surface area contributed by atoms with Crippen LogP contribution in [-0.4, -0.2) is 25.1 Å². The van der Waals surface area contributed by atoms with Gasteiger partial charge in [0.2, 0.25) is 0 Å². The number of H-pyrrole nitrogens is 1. The predicted molar refractivity (Wildman–Crippen MR) is 108 cm³/mol. The highest BCUT2D eigenvalue weighted by Gasteiger charge is 2.26. The Hall–Kier alpha value is -3.16. The molecule has 0 aliphatic heterocycles. The van der Waals surface area contributed by atoms with Crippen LogP contribution in [0.3, 0.4) is 0 Å². The highest BCUT2D eigenvalue weighted by atomic mass is 16.6. The fraction of sp³-hybridized carbons (Fsp3) is 0.400. The lowest BCUT2D eigenvalue weighted by atomic mass is 9.78. The lowest BCUT2D eigenvalue weighted by Gasteiger charge is -2.27. The molecule has 0 saturated carbocycles. The third kappa shape index (κ3) is 4.39. The van der Waals surface area contributed by atoms with E-state index in [4.69, 9.17) is 0 Å². The highest BCUT2D eigenvalue weighted by Crippen LogP contribution is 2.40. The molecule has 0 amide bonds. The molecule has 1 aromatic heterocycles. The van der Waals surface area contributed by atoms with Gasteiger partial charge < -0.3 is 15.2 Å². The number of phenolic OH excluding ortho intramolecular Hbond substituents is 1. The Morgan fingerprint density at radius 2 is 1.54 bits per heavy atom. The summed E-state index contributed by atoms with van der Waals surface area (Å²) in [5.41, 5.74) is -0.327. The van der Waals surface area contributed by atoms with Crippen molar-refractivity contribution >= 4 is 17.8 Å². The quantitative estimate of drug-likeness (QED) is 0.542. The number of nitrogens with one attached hydrogen (secondary N) is 1. The fourth-order valence-corrected chi connectivity index (χ4v) is 2.79. The van der Waals surface area contributed by atoms with Crippen LogP contribution in [0.1, 0.15) is 64.1 Å². The molecule has 0 atom stereocenters. The van der Waals surface area contributed by atoms with Gasteiger partial charge in [-0.15, -0.1) is 0 Å². The molecule has 0 fully saturated rings. The van der Waals surface area contributed by atoms with Crippen LogP contribution in [0.5, 0.6) is 11.6 Å². The molecular formula is C20H25N3O5. The average Bonchev–Trinajstić information content (AvgIpc) is 2.50. The predicted octanol–water partition coefficient (Wildman–Crippen LogP) is 3.85. The number of hydrogen-bond donors (Lipinski definition) is 3. The third-order valence-corrected chi connectivity index (χ3v) is 4.26. The van der Waals surface area contributed by atoms with E-state index in [0.29, 0.717) is 0 Å². The van der Waals surface area contributed by atoms with E-state index in [1.165, 1.54) is 6.08 Å². The van der Waals surface area contributed by atoms with Crippen LogP contribution in [0.2, 0.25) is 0 Å². The molecule has 0 aliphatic rings. The first kappa shape index (κ1) is 21.1. The minimum Gasteiger partial charge on any atom is -0.507 e. The number of rotatable bonds is 3. The Morgan fingerprint density at radius 3 is 1.93 bits per heavy atom. The number of hydrogen-bond acceptors (Lipinski definition) is 6. The van der Waals surface area contributed by atoms with Crippen LogP contribution in [0.15, 0.2) is 16.9 Å². The van der Waals surface area contributed by atoms with E-state index in [1.807, 2.05) is 53.7 Å². The fourth-order valence-electron chi connectivity index (χ4n) is 2.79. The standard InChI is InChI=1S/C20H25N3O5/c1-19(2,3)12-9-11(10-13(16(12)24)20(4,5)6)7-8-14-21-17(25)15(23(27)28)18(26)22-14/h7-10,24H,1-6H3,(H2,21,22,25,26)/b8-7+. The van der Waals surface area contributed by atoms with Crippen molar-refractivity contribution in [3.63, 3.8) is 0 Å². The van der Waals surface area contributed by atoms with Crippen molar-refractivity contribution in [1.29, 1.82) is 0 Å². The van der Waals surface area contributed by atoms with Crippen molar-refractivity contribution in [2.24, 2.45) is 0 Å². The van der Waals surface area contributed by atoms with Crippen molar-refractivity contribution in [1.82, 2.24) is 9.97 Å². The number of benzene rings is 1. The number of aromatic amines is 1. The van der Waals surface area contributed by atoms with E-state index in [9.17, 15) is 25.1 Å². The second-order valence-corrected chi connectivity index (χ2v) is 8.68. The van der Waals surface area contributed by atoms with Gasteiger partial charge in [-0.2, -0.15) is 4.98 Å². The molecular weight excluding hydrogens is 362 g/mol. The first-order valence-electron chi connectivity index (χ1n) is 8.75. The topological polar surface area (TPSA) is 129 Å². The van der Waals surface area contributed by atoms with Gasteiger partial charge in [-0.05, 0) is 34.6 Å². The molecule has 2 rings (SSSR count). The Balaban J connectivity index is 2.58. The maximum absolute atomic E-state index is 11.8. The Labute approximate surface area is 162 Å². The van der Waals surface area contributed by atoms with Gasteiger partial charge in [0.25, 0.3) is 5.88 Å². The molecule has 3 N–H and O–H groups in total. The minimum atomic E-state index is -1.03. The number of nitro groups is 1. The lowest BCUT2D eigenvalue weighted by molar-refractivity contribution is -0.387. The molecule has 0 radical (unpaired) electrons. The number of aromatic hydroxyl groups is 2. The van der Waals surface area contributed by atoms with Crippen LogP contribution in [-0.2, 0) is 10.8 Å². The zero-order valence-corrected chi connectivity index (χ0v) is 16.8. The second-order valence-electron chi connectivity index (χ2n) is 8.68. The summed E-state index contributed by atoms with van der Waals surface area (Å²) >= 11 is 0. The average molecular weight is 387 g/mol. The van der Waals surface area contributed by atoms with Crippen molar-refractivity contribution in [2.45, 2.75) is 52.4 Å². The molecule has 1 heterocycles. The SMILES string of the molecule is CC(C)(C)c1cc(/C=C/c2nc(O)c([N+](=O)[O-])c(=O)[nH]2)cc(C(C)(C)C)c1O. The summed E-state index contributed by atoms with van der Waals surface area (Å²) in [5, 5.41) is 31.2. The maximum atomic E-state index is 11.8. The zero-order valence-electron chi connectivity index (χ0n) is 16.8. The maximum Gasteiger partial charge on any atom is 0.395 e. The molecule has 1 aromatic carbocycles. The summed E-state index contributed by atoms with van der Waals surface area (Å²) in [7, 11) is 0. The van der Waals surface area contributed by atoms with Gasteiger partial charge in [-0.25, -0.2) is 0 Å². The normalized spacial score (nSPS) is 12.5. The van der Waals surface area contributed by atoms with Gasteiger partial charge >= 0.3 is 11.2 Å². The largest absolute Gasteiger partial charge is 0.507 e. The van der Waals surface area contributed by atoms with Crippen LogP contribution in [0, 0.1) is 10.1 Å². The summed E-state index contributed by atoms with van der Waals surface area (Å²) in [5.74, 6) is -0.711. The van der Waals surface area contributed by atoms with Crippen LogP contribution >= 0.6 is 0 Å². The Bertz CT molecular complexity index is 973. The summed E-state index contributed by atoms with van der Waals surface area (Å²) in [6, 6.07) is 3.68. The van der Waals surface area contributed by atoms with Gasteiger partial charge in [0, 0.05) is 11.1 Å². The molecule has 0 bridgehead atoms. The van der Waals surface area contributed by atoms with Crippen molar-refractivity contribution in [3.05, 3.63) is 55.1 Å². The van der Waals surface area contributed by atoms with E-state index < -0.39 is 22.0 Å². The van der Waals surface area contributed by atoms with Crippen molar-refractivity contribution < 1.29 is 15.1 Å². The second kappa shape index (κ2) is 7.10. The van der Waals surface area contributed by atoms with Gasteiger partial charge in [0.05, 0.1) is 4.92 Å². The smallest absolute Gasteiger partial charge is 0.395 e. The molecule has 8 nitrogen and oxygen atoms in total. The molecule has 150 valence electrons. The van der Waals surface area contributed by atoms with E-state index in [1.54, 1.807) is 6.08 Å². The van der Waals surface area contributed by atoms with E-state index in [0.717, 1.165) is 16.7 Å². The van der Waals surface area contributed by atoms with Gasteiger partial charge in [-0.3, -0.25) is 14.9 Å². The van der Waals surface area contributed by atoms with Crippen molar-refractivity contribution in [2.75, 3.05) is 0 Å². The van der Waals surface area contributed by atoms with Crippen LogP contribution < -0.4 is 5.56 Å². The van der Waals surface area contributed by atoms with E-state index >= 15 is 0 Å². The summed E-state index contributed by atoms with van der Waals surface area (Å²) in [4.78, 5) is 27.5. The minimum absolute atomic E-state index is 0.0178. The first-order chi connectivity index (χ1) is 12.7. The Morgan fingerprint density at radius 1 is 1.04 bits per heavy atom. The molecule has 2 aromatic rings. The molecule has 0 unspecified atom stereocenters.